The van der Waals surface area contributed by atoms with E-state index in [4.69, 9.17) is 10.5 Å². The molecule has 1 amide bonds. The van der Waals surface area contributed by atoms with E-state index in [1.807, 2.05) is 36.4 Å². The van der Waals surface area contributed by atoms with Crippen LogP contribution in [0.1, 0.15) is 12.5 Å². The zero-order chi connectivity index (χ0) is 13.7. The topological polar surface area (TPSA) is 64.3 Å². The first-order valence-electron chi connectivity index (χ1n) is 6.02. The lowest BCUT2D eigenvalue weighted by Crippen LogP contribution is -2.05. The number of ether oxygens (including phenoxy) is 1. The molecule has 0 radical (unpaired) electrons. The molecule has 0 fully saturated rings. The maximum atomic E-state index is 10.9. The van der Waals surface area contributed by atoms with Gasteiger partial charge in [-0.2, -0.15) is 0 Å². The number of hydrogen-bond acceptors (Lipinski definition) is 3. The van der Waals surface area contributed by atoms with E-state index >= 15 is 0 Å². The molecule has 0 aliphatic carbocycles. The molecule has 4 heteroatoms. The van der Waals surface area contributed by atoms with E-state index in [1.165, 1.54) is 6.92 Å². The Morgan fingerprint density at radius 1 is 1.05 bits per heavy atom. The molecular weight excluding hydrogens is 240 g/mol. The summed E-state index contributed by atoms with van der Waals surface area (Å²) in [6, 6.07) is 14.8. The van der Waals surface area contributed by atoms with E-state index in [0.29, 0.717) is 6.54 Å². The smallest absolute Gasteiger partial charge is 0.221 e. The number of nitrogens with one attached hydrogen (secondary N) is 1. The van der Waals surface area contributed by atoms with Crippen LogP contribution in [0.5, 0.6) is 11.5 Å². The molecule has 0 heterocycles. The van der Waals surface area contributed by atoms with E-state index < -0.39 is 0 Å². The predicted molar refractivity (Wildman–Crippen MR) is 75.2 cm³/mol. The average Bonchev–Trinajstić information content (AvgIpc) is 2.41. The van der Waals surface area contributed by atoms with Crippen LogP contribution in [0.2, 0.25) is 0 Å². The fourth-order valence-electron chi connectivity index (χ4n) is 1.64. The Labute approximate surface area is 112 Å². The second-order valence-corrected chi connectivity index (χ2v) is 4.16. The standard InChI is InChI=1S/C15H16N2O2/c1-11(18)17-13-4-8-15(9-5-13)19-14-6-2-12(10-16)3-7-14/h2-9H,10,16H2,1H3,(H,17,18). The van der Waals surface area contributed by atoms with Crippen LogP contribution >= 0.6 is 0 Å². The molecule has 0 saturated carbocycles. The molecule has 2 rings (SSSR count). The Balaban J connectivity index is 2.04. The van der Waals surface area contributed by atoms with Crippen LogP contribution in [0, 0.1) is 0 Å². The summed E-state index contributed by atoms with van der Waals surface area (Å²) >= 11 is 0. The van der Waals surface area contributed by atoms with Gasteiger partial charge < -0.3 is 15.8 Å². The second-order valence-electron chi connectivity index (χ2n) is 4.16. The molecule has 0 aliphatic rings. The number of carbonyl (C=O) groups is 1. The molecule has 0 atom stereocenters. The Bertz CT molecular complexity index is 547. The van der Waals surface area contributed by atoms with Crippen molar-refractivity contribution in [3.8, 4) is 11.5 Å². The highest BCUT2D eigenvalue weighted by molar-refractivity contribution is 5.88. The van der Waals surface area contributed by atoms with Gasteiger partial charge in [-0.05, 0) is 42.0 Å². The Hall–Kier alpha value is -2.33. The fourth-order valence-corrected chi connectivity index (χ4v) is 1.64. The van der Waals surface area contributed by atoms with Gasteiger partial charge in [0.15, 0.2) is 0 Å². The van der Waals surface area contributed by atoms with E-state index in [9.17, 15) is 4.79 Å². The van der Waals surface area contributed by atoms with Crippen LogP contribution in [-0.2, 0) is 11.3 Å². The van der Waals surface area contributed by atoms with Gasteiger partial charge in [0.1, 0.15) is 11.5 Å². The summed E-state index contributed by atoms with van der Waals surface area (Å²) in [6.45, 7) is 2.00. The molecular formula is C15H16N2O2. The van der Waals surface area contributed by atoms with E-state index in [1.54, 1.807) is 12.1 Å². The van der Waals surface area contributed by atoms with E-state index in [-0.39, 0.29) is 5.91 Å². The normalized spacial score (nSPS) is 10.0. The van der Waals surface area contributed by atoms with Gasteiger partial charge in [-0.25, -0.2) is 0 Å². The maximum Gasteiger partial charge on any atom is 0.221 e. The third-order valence-electron chi connectivity index (χ3n) is 2.57. The summed E-state index contributed by atoms with van der Waals surface area (Å²) in [5.41, 5.74) is 7.35. The predicted octanol–water partition coefficient (Wildman–Crippen LogP) is 2.90. The molecule has 3 N–H and O–H groups in total. The van der Waals surface area contributed by atoms with Gasteiger partial charge in [-0.15, -0.1) is 0 Å². The van der Waals surface area contributed by atoms with Gasteiger partial charge in [0.2, 0.25) is 5.91 Å². The average molecular weight is 256 g/mol. The highest BCUT2D eigenvalue weighted by atomic mass is 16.5. The third kappa shape index (κ3) is 3.82. The van der Waals surface area contributed by atoms with Crippen molar-refractivity contribution in [3.63, 3.8) is 0 Å². The first-order valence-corrected chi connectivity index (χ1v) is 6.02. The van der Waals surface area contributed by atoms with Crippen molar-refractivity contribution in [3.05, 3.63) is 54.1 Å². The minimum atomic E-state index is -0.0916. The van der Waals surface area contributed by atoms with Crippen LogP contribution in [0.3, 0.4) is 0 Å². The Kier molecular flexibility index (Phi) is 4.15. The summed E-state index contributed by atoms with van der Waals surface area (Å²) in [6.07, 6.45) is 0. The van der Waals surface area contributed by atoms with Gasteiger partial charge in [0, 0.05) is 19.2 Å². The van der Waals surface area contributed by atoms with Crippen molar-refractivity contribution in [2.75, 3.05) is 5.32 Å². The number of benzene rings is 2. The number of carbonyl (C=O) groups excluding carboxylic acids is 1. The van der Waals surface area contributed by atoms with Gasteiger partial charge in [-0.1, -0.05) is 12.1 Å². The van der Waals surface area contributed by atoms with Crippen LogP contribution in [-0.4, -0.2) is 5.91 Å². The second kappa shape index (κ2) is 6.02. The molecule has 0 bridgehead atoms. The van der Waals surface area contributed by atoms with Gasteiger partial charge in [-0.3, -0.25) is 4.79 Å². The zero-order valence-corrected chi connectivity index (χ0v) is 10.7. The van der Waals surface area contributed by atoms with Gasteiger partial charge in [0.05, 0.1) is 0 Å². The molecule has 2 aromatic carbocycles. The number of hydrogen-bond donors (Lipinski definition) is 2. The van der Waals surface area contributed by atoms with Crippen molar-refractivity contribution >= 4 is 11.6 Å². The van der Waals surface area contributed by atoms with Crippen molar-refractivity contribution < 1.29 is 9.53 Å². The number of rotatable bonds is 4. The highest BCUT2D eigenvalue weighted by Gasteiger charge is 1.99. The van der Waals surface area contributed by atoms with Crippen molar-refractivity contribution in [2.24, 2.45) is 5.73 Å². The minimum absolute atomic E-state index is 0.0916. The Morgan fingerprint density at radius 2 is 1.58 bits per heavy atom. The fraction of sp³-hybridized carbons (Fsp3) is 0.133. The maximum absolute atomic E-state index is 10.9. The minimum Gasteiger partial charge on any atom is -0.457 e. The molecule has 2 aromatic rings. The molecule has 0 unspecified atom stereocenters. The lowest BCUT2D eigenvalue weighted by molar-refractivity contribution is -0.114. The third-order valence-corrected chi connectivity index (χ3v) is 2.57. The number of nitrogens with two attached hydrogens (primary N) is 1. The molecule has 19 heavy (non-hydrogen) atoms. The monoisotopic (exact) mass is 256 g/mol. The largest absolute Gasteiger partial charge is 0.457 e. The summed E-state index contributed by atoms with van der Waals surface area (Å²) in [5.74, 6) is 1.38. The van der Waals surface area contributed by atoms with E-state index in [2.05, 4.69) is 5.32 Å². The lowest BCUT2D eigenvalue weighted by atomic mass is 10.2. The SMILES string of the molecule is CC(=O)Nc1ccc(Oc2ccc(CN)cc2)cc1. The molecule has 0 spiro atoms. The highest BCUT2D eigenvalue weighted by Crippen LogP contribution is 2.23. The lowest BCUT2D eigenvalue weighted by Gasteiger charge is -2.07. The van der Waals surface area contributed by atoms with Crippen LogP contribution < -0.4 is 15.8 Å². The van der Waals surface area contributed by atoms with Crippen LogP contribution in [0.4, 0.5) is 5.69 Å². The summed E-state index contributed by atoms with van der Waals surface area (Å²) in [4.78, 5) is 10.9. The molecule has 98 valence electrons. The zero-order valence-electron chi connectivity index (χ0n) is 10.7. The van der Waals surface area contributed by atoms with E-state index in [0.717, 1.165) is 22.7 Å². The Morgan fingerprint density at radius 3 is 2.05 bits per heavy atom. The van der Waals surface area contributed by atoms with Crippen molar-refractivity contribution in [1.29, 1.82) is 0 Å². The van der Waals surface area contributed by atoms with Crippen molar-refractivity contribution in [1.82, 2.24) is 0 Å². The molecule has 4 nitrogen and oxygen atoms in total. The van der Waals surface area contributed by atoms with Gasteiger partial charge >= 0.3 is 0 Å². The molecule has 0 aliphatic heterocycles. The first-order chi connectivity index (χ1) is 9.17. The molecule has 0 aromatic heterocycles. The van der Waals surface area contributed by atoms with Crippen molar-refractivity contribution in [2.45, 2.75) is 13.5 Å². The quantitative estimate of drug-likeness (QED) is 0.884. The number of amides is 1. The van der Waals surface area contributed by atoms with Crippen LogP contribution in [0.15, 0.2) is 48.5 Å². The molecule has 0 saturated heterocycles. The first kappa shape index (κ1) is 13.1. The van der Waals surface area contributed by atoms with Gasteiger partial charge in [0.25, 0.3) is 0 Å². The van der Waals surface area contributed by atoms with Crippen LogP contribution in [0.25, 0.3) is 0 Å². The summed E-state index contributed by atoms with van der Waals surface area (Å²) in [7, 11) is 0. The number of anilines is 1. The summed E-state index contributed by atoms with van der Waals surface area (Å²) in [5, 5.41) is 2.70. The summed E-state index contributed by atoms with van der Waals surface area (Å²) < 4.78 is 5.68.